The molecule has 0 aliphatic carbocycles. The van der Waals surface area contributed by atoms with Crippen molar-refractivity contribution in [3.05, 3.63) is 124 Å². The number of aromatic nitrogens is 6. The molecule has 3 unspecified atom stereocenters. The number of hydrogen-bond acceptors (Lipinski definition) is 14. The van der Waals surface area contributed by atoms with Gasteiger partial charge in [-0.05, 0) is 65.9 Å². The molecule has 0 aliphatic heterocycles. The van der Waals surface area contributed by atoms with Crippen LogP contribution < -0.4 is 10.6 Å². The zero-order valence-electron chi connectivity index (χ0n) is 30.1. The highest BCUT2D eigenvalue weighted by molar-refractivity contribution is 7.19. The van der Waals surface area contributed by atoms with Gasteiger partial charge >= 0.3 is 5.97 Å². The lowest BCUT2D eigenvalue weighted by molar-refractivity contribution is -0.140. The van der Waals surface area contributed by atoms with E-state index < -0.39 is 29.3 Å². The average molecular weight is 769 g/mol. The SMILES string of the molecule is CC(C)(C)C(Nc1nccc(C(C#N)c2nc3ccccc3s2)n1)C(=O)O.N#CC(c1ccnc(NCCc2ccc(O)cc2)n1)c1nc2ccccc2s1. The Hall–Kier alpha value is -6.55. The first-order valence-corrected chi connectivity index (χ1v) is 18.8. The van der Waals surface area contributed by atoms with Gasteiger partial charge in [-0.25, -0.2) is 34.7 Å². The molecule has 7 aromatic rings. The van der Waals surface area contributed by atoms with Gasteiger partial charge in [0.15, 0.2) is 0 Å². The monoisotopic (exact) mass is 768 g/mol. The van der Waals surface area contributed by atoms with Gasteiger partial charge < -0.3 is 20.8 Å². The average Bonchev–Trinajstić information content (AvgIpc) is 3.80. The van der Waals surface area contributed by atoms with E-state index in [9.17, 15) is 25.5 Å². The number of hydrogen-bond donors (Lipinski definition) is 4. The summed E-state index contributed by atoms with van der Waals surface area (Å²) in [6.07, 6.45) is 3.94. The molecule has 0 spiro atoms. The Bertz CT molecular complexity index is 2430. The number of carboxylic acid groups (broad SMARTS) is 1. The van der Waals surface area contributed by atoms with Crippen molar-refractivity contribution in [3.63, 3.8) is 0 Å². The number of anilines is 2. The molecule has 4 aromatic heterocycles. The summed E-state index contributed by atoms with van der Waals surface area (Å²) < 4.78 is 2.05. The van der Waals surface area contributed by atoms with Crippen LogP contribution in [0.25, 0.3) is 20.4 Å². The van der Waals surface area contributed by atoms with Crippen LogP contribution in [0.3, 0.4) is 0 Å². The lowest BCUT2D eigenvalue weighted by Crippen LogP contribution is -2.41. The van der Waals surface area contributed by atoms with E-state index in [4.69, 9.17) is 0 Å². The molecule has 0 amide bonds. The molecule has 4 heterocycles. The van der Waals surface area contributed by atoms with Crippen molar-refractivity contribution >= 4 is 61.0 Å². The molecule has 3 atom stereocenters. The minimum absolute atomic E-state index is 0.177. The first-order chi connectivity index (χ1) is 26.5. The first kappa shape index (κ1) is 38.2. The van der Waals surface area contributed by atoms with Crippen molar-refractivity contribution in [3.8, 4) is 17.9 Å². The van der Waals surface area contributed by atoms with Crippen molar-refractivity contribution in [2.45, 2.75) is 45.1 Å². The molecule has 0 saturated carbocycles. The maximum atomic E-state index is 11.6. The van der Waals surface area contributed by atoms with Crippen LogP contribution in [-0.4, -0.2) is 58.7 Å². The lowest BCUT2D eigenvalue weighted by atomic mass is 9.87. The summed E-state index contributed by atoms with van der Waals surface area (Å²) in [5, 5.41) is 45.7. The zero-order chi connectivity index (χ0) is 39.0. The Kier molecular flexibility index (Phi) is 11.8. The van der Waals surface area contributed by atoms with Gasteiger partial charge in [0.25, 0.3) is 0 Å². The molecule has 3 aromatic carbocycles. The fraction of sp³-hybridized carbons (Fsp3) is 0.225. The van der Waals surface area contributed by atoms with Crippen molar-refractivity contribution in [1.82, 2.24) is 29.9 Å². The highest BCUT2D eigenvalue weighted by Gasteiger charge is 2.32. The van der Waals surface area contributed by atoms with Gasteiger partial charge in [-0.2, -0.15) is 10.5 Å². The number of thiazole rings is 2. The van der Waals surface area contributed by atoms with Gasteiger partial charge in [-0.15, -0.1) is 22.7 Å². The van der Waals surface area contributed by atoms with E-state index in [0.29, 0.717) is 28.9 Å². The van der Waals surface area contributed by atoms with E-state index in [1.807, 2.05) is 81.4 Å². The van der Waals surface area contributed by atoms with Gasteiger partial charge in [0.2, 0.25) is 11.9 Å². The minimum atomic E-state index is -0.987. The highest BCUT2D eigenvalue weighted by Crippen LogP contribution is 2.32. The van der Waals surface area contributed by atoms with E-state index in [1.165, 1.54) is 28.9 Å². The molecule has 0 radical (unpaired) electrons. The predicted molar refractivity (Wildman–Crippen MR) is 213 cm³/mol. The summed E-state index contributed by atoms with van der Waals surface area (Å²) in [7, 11) is 0. The fourth-order valence-electron chi connectivity index (χ4n) is 5.50. The number of nitriles is 2. The standard InChI is InChI=1S/C21H17N5OS.C19H19N5O2S/c22-13-16(20-25-18-3-1-2-4-19(18)28-20)17-10-12-24-21(26-17)23-11-9-14-5-7-15(27)8-6-14;1-19(2,3)15(17(25)26)24-18-21-9-8-12(23-18)11(10-20)16-22-13-6-4-5-7-14(13)27-16/h1-8,10,12,16,27H,9,11H2,(H,23,24,26);4-9,11,15H,1-3H3,(H,25,26)(H,21,23,24). The molecule has 4 N–H and O–H groups in total. The first-order valence-electron chi connectivity index (χ1n) is 17.2. The molecular weight excluding hydrogens is 733 g/mol. The number of benzene rings is 3. The number of rotatable bonds is 11. The summed E-state index contributed by atoms with van der Waals surface area (Å²) in [4.78, 5) is 38.0. The number of nitrogens with zero attached hydrogens (tertiary/aromatic N) is 8. The van der Waals surface area contributed by atoms with E-state index in [0.717, 1.165) is 37.4 Å². The highest BCUT2D eigenvalue weighted by atomic mass is 32.1. The molecule has 7 rings (SSSR count). The summed E-state index contributed by atoms with van der Waals surface area (Å²) in [6, 6.07) is 29.7. The van der Waals surface area contributed by atoms with Gasteiger partial charge in [0.1, 0.15) is 33.6 Å². The van der Waals surface area contributed by atoms with Crippen LogP contribution in [0.2, 0.25) is 0 Å². The fourth-order valence-corrected chi connectivity index (χ4v) is 7.55. The Morgan fingerprint density at radius 3 is 1.75 bits per heavy atom. The Balaban J connectivity index is 0.000000187. The van der Waals surface area contributed by atoms with Gasteiger partial charge in [-0.3, -0.25) is 0 Å². The number of aliphatic carboxylic acids is 1. The molecule has 15 heteroatoms. The zero-order valence-corrected chi connectivity index (χ0v) is 31.7. The van der Waals surface area contributed by atoms with E-state index in [-0.39, 0.29) is 11.7 Å². The van der Waals surface area contributed by atoms with E-state index in [2.05, 4.69) is 52.7 Å². The van der Waals surface area contributed by atoms with Crippen LogP contribution in [0.4, 0.5) is 11.9 Å². The Labute approximate surface area is 325 Å². The maximum absolute atomic E-state index is 11.6. The van der Waals surface area contributed by atoms with Crippen LogP contribution in [-0.2, 0) is 11.2 Å². The molecule has 0 bridgehead atoms. The van der Waals surface area contributed by atoms with E-state index in [1.54, 1.807) is 30.5 Å². The second-order valence-corrected chi connectivity index (χ2v) is 15.5. The lowest BCUT2D eigenvalue weighted by Gasteiger charge is -2.27. The minimum Gasteiger partial charge on any atom is -0.508 e. The quantitative estimate of drug-likeness (QED) is 0.0994. The van der Waals surface area contributed by atoms with Crippen molar-refractivity contribution in [2.75, 3.05) is 17.2 Å². The van der Waals surface area contributed by atoms with Gasteiger partial charge in [-0.1, -0.05) is 57.2 Å². The van der Waals surface area contributed by atoms with Crippen molar-refractivity contribution < 1.29 is 15.0 Å². The maximum Gasteiger partial charge on any atom is 0.326 e. The van der Waals surface area contributed by atoms with Crippen molar-refractivity contribution in [1.29, 1.82) is 10.5 Å². The van der Waals surface area contributed by atoms with Crippen LogP contribution in [0, 0.1) is 28.1 Å². The topological polar surface area (TPSA) is 207 Å². The number of phenols is 1. The molecule has 0 saturated heterocycles. The number of carboxylic acids is 1. The second-order valence-electron chi connectivity index (χ2n) is 13.4. The molecule has 0 aliphatic rings. The summed E-state index contributed by atoms with van der Waals surface area (Å²) in [5.74, 6) is -1.25. The molecular formula is C40H36N10O3S2. The van der Waals surface area contributed by atoms with Crippen molar-refractivity contribution in [2.24, 2.45) is 5.41 Å². The van der Waals surface area contributed by atoms with E-state index >= 15 is 0 Å². The van der Waals surface area contributed by atoms with Crippen LogP contribution >= 0.6 is 22.7 Å². The predicted octanol–water partition coefficient (Wildman–Crippen LogP) is 7.75. The number of nitrogens with one attached hydrogen (secondary N) is 2. The molecule has 55 heavy (non-hydrogen) atoms. The molecule has 0 fully saturated rings. The Morgan fingerprint density at radius 1 is 0.745 bits per heavy atom. The normalized spacial score (nSPS) is 12.7. The van der Waals surface area contributed by atoms with Gasteiger partial charge in [0.05, 0.1) is 44.0 Å². The third-order valence-electron chi connectivity index (χ3n) is 8.34. The van der Waals surface area contributed by atoms with Crippen LogP contribution in [0.5, 0.6) is 5.75 Å². The smallest absolute Gasteiger partial charge is 0.326 e. The second kappa shape index (κ2) is 17.1. The number of fused-ring (bicyclic) bond motifs is 2. The third kappa shape index (κ3) is 9.52. The summed E-state index contributed by atoms with van der Waals surface area (Å²) in [5.41, 5.74) is 3.40. The summed E-state index contributed by atoms with van der Waals surface area (Å²) >= 11 is 2.96. The largest absolute Gasteiger partial charge is 0.508 e. The molecule has 276 valence electrons. The number of aromatic hydroxyl groups is 1. The van der Waals surface area contributed by atoms with Crippen LogP contribution in [0.15, 0.2) is 97.3 Å². The molecule has 13 nitrogen and oxygen atoms in total. The third-order valence-corrected chi connectivity index (χ3v) is 10.5. The number of phenolic OH excluding ortho intramolecular Hbond substituents is 1. The summed E-state index contributed by atoms with van der Waals surface area (Å²) in [6.45, 7) is 6.11. The Morgan fingerprint density at radius 2 is 1.25 bits per heavy atom. The number of carbonyl (C=O) groups is 1. The van der Waals surface area contributed by atoms with Crippen LogP contribution in [0.1, 0.15) is 59.6 Å². The number of para-hydroxylation sites is 2. The van der Waals surface area contributed by atoms with Gasteiger partial charge in [0, 0.05) is 18.9 Å².